The van der Waals surface area contributed by atoms with Crippen LogP contribution in [0.4, 0.5) is 0 Å². The number of rotatable bonds is 7. The van der Waals surface area contributed by atoms with E-state index in [2.05, 4.69) is 4.98 Å². The molecule has 0 saturated heterocycles. The fourth-order valence-electron chi connectivity index (χ4n) is 3.04. The van der Waals surface area contributed by atoms with Crippen LogP contribution < -0.4 is 4.74 Å². The zero-order chi connectivity index (χ0) is 17.8. The van der Waals surface area contributed by atoms with Crippen LogP contribution in [0, 0.1) is 13.8 Å². The Morgan fingerprint density at radius 2 is 1.80 bits per heavy atom. The van der Waals surface area contributed by atoms with Gasteiger partial charge in [0, 0.05) is 7.11 Å². The third-order valence-electron chi connectivity index (χ3n) is 4.23. The van der Waals surface area contributed by atoms with E-state index in [4.69, 9.17) is 9.47 Å². The van der Waals surface area contributed by atoms with E-state index < -0.39 is 6.10 Å². The van der Waals surface area contributed by atoms with Gasteiger partial charge in [0.05, 0.1) is 17.6 Å². The van der Waals surface area contributed by atoms with Gasteiger partial charge in [0.15, 0.2) is 0 Å². The van der Waals surface area contributed by atoms with Gasteiger partial charge >= 0.3 is 0 Å². The lowest BCUT2D eigenvalue weighted by Gasteiger charge is -2.17. The molecule has 0 unspecified atom stereocenters. The molecule has 5 heteroatoms. The van der Waals surface area contributed by atoms with Crippen molar-refractivity contribution in [2.24, 2.45) is 0 Å². The highest BCUT2D eigenvalue weighted by molar-refractivity contribution is 5.75. The van der Waals surface area contributed by atoms with Gasteiger partial charge in [-0.05, 0) is 37.1 Å². The summed E-state index contributed by atoms with van der Waals surface area (Å²) in [6.45, 7) is 5.05. The Morgan fingerprint density at radius 1 is 1.08 bits per heavy atom. The van der Waals surface area contributed by atoms with E-state index in [1.54, 1.807) is 7.11 Å². The van der Waals surface area contributed by atoms with E-state index >= 15 is 0 Å². The lowest BCUT2D eigenvalue weighted by molar-refractivity contribution is 0.0895. The minimum atomic E-state index is -0.646. The number of aliphatic hydroxyl groups is 1. The minimum Gasteiger partial charge on any atom is -0.490 e. The number of ether oxygens (including phenoxy) is 2. The molecule has 5 nitrogen and oxygen atoms in total. The second-order valence-electron chi connectivity index (χ2n) is 6.25. The number of imidazole rings is 1. The first-order valence-corrected chi connectivity index (χ1v) is 8.40. The largest absolute Gasteiger partial charge is 0.490 e. The van der Waals surface area contributed by atoms with Crippen LogP contribution in [0.1, 0.15) is 17.0 Å². The van der Waals surface area contributed by atoms with Crippen molar-refractivity contribution < 1.29 is 14.6 Å². The fraction of sp³-hybridized carbons (Fsp3) is 0.350. The van der Waals surface area contributed by atoms with Crippen molar-refractivity contribution in [3.8, 4) is 5.75 Å². The Hall–Kier alpha value is -2.37. The van der Waals surface area contributed by atoms with Crippen molar-refractivity contribution in [1.82, 2.24) is 9.55 Å². The van der Waals surface area contributed by atoms with Gasteiger partial charge in [-0.3, -0.25) is 0 Å². The maximum Gasteiger partial charge on any atom is 0.136 e. The Morgan fingerprint density at radius 3 is 2.52 bits per heavy atom. The fourth-order valence-corrected chi connectivity index (χ4v) is 3.04. The topological polar surface area (TPSA) is 56.5 Å². The molecule has 3 aromatic rings. The zero-order valence-electron chi connectivity index (χ0n) is 14.9. The van der Waals surface area contributed by atoms with E-state index in [-0.39, 0.29) is 6.61 Å². The third kappa shape index (κ3) is 3.83. The average Bonchev–Trinajstić information content (AvgIpc) is 2.92. The van der Waals surface area contributed by atoms with Gasteiger partial charge in [0.25, 0.3) is 0 Å². The van der Waals surface area contributed by atoms with Gasteiger partial charge in [-0.25, -0.2) is 4.98 Å². The summed E-state index contributed by atoms with van der Waals surface area (Å²) in [4.78, 5) is 4.59. The molecule has 0 saturated carbocycles. The summed E-state index contributed by atoms with van der Waals surface area (Å²) in [5.41, 5.74) is 4.03. The monoisotopic (exact) mass is 340 g/mol. The minimum absolute atomic E-state index is 0.227. The molecule has 1 atom stereocenters. The van der Waals surface area contributed by atoms with E-state index in [1.165, 1.54) is 0 Å². The maximum absolute atomic E-state index is 10.5. The number of benzene rings is 2. The third-order valence-corrected chi connectivity index (χ3v) is 4.23. The number of methoxy groups -OCH3 is 1. The molecule has 0 radical (unpaired) electrons. The molecule has 0 amide bonds. The van der Waals surface area contributed by atoms with Crippen molar-refractivity contribution in [1.29, 1.82) is 0 Å². The van der Waals surface area contributed by atoms with Crippen molar-refractivity contribution in [3.63, 3.8) is 0 Å². The first-order chi connectivity index (χ1) is 12.1. The molecule has 1 N–H and O–H groups in total. The number of nitrogens with zero attached hydrogens (tertiary/aromatic N) is 2. The van der Waals surface area contributed by atoms with Crippen LogP contribution in [-0.2, 0) is 17.9 Å². The highest BCUT2D eigenvalue weighted by Crippen LogP contribution is 2.23. The van der Waals surface area contributed by atoms with E-state index in [9.17, 15) is 5.11 Å². The Labute approximate surface area is 147 Å². The molecule has 2 aromatic carbocycles. The van der Waals surface area contributed by atoms with Gasteiger partial charge in [-0.15, -0.1) is 0 Å². The predicted octanol–water partition coefficient (Wildman–Crippen LogP) is 3.24. The van der Waals surface area contributed by atoms with Crippen LogP contribution in [0.3, 0.4) is 0 Å². The van der Waals surface area contributed by atoms with E-state index in [0.717, 1.165) is 33.7 Å². The van der Waals surface area contributed by atoms with Gasteiger partial charge in [0.2, 0.25) is 0 Å². The number of hydrogen-bond donors (Lipinski definition) is 1. The summed E-state index contributed by atoms with van der Waals surface area (Å²) in [5.74, 6) is 1.64. The van der Waals surface area contributed by atoms with Crippen LogP contribution >= 0.6 is 0 Å². The summed E-state index contributed by atoms with van der Waals surface area (Å²) >= 11 is 0. The van der Waals surface area contributed by atoms with Crippen LogP contribution in [0.15, 0.2) is 42.5 Å². The Balaban J connectivity index is 1.75. The molecule has 0 bridgehead atoms. The Kier molecular flexibility index (Phi) is 5.36. The first-order valence-electron chi connectivity index (χ1n) is 8.40. The SMILES string of the molecule is COCc1nc2ccccc2n1C[C@@H](O)COc1c(C)cccc1C. The van der Waals surface area contributed by atoms with E-state index in [0.29, 0.717) is 13.2 Å². The van der Waals surface area contributed by atoms with Gasteiger partial charge < -0.3 is 19.1 Å². The predicted molar refractivity (Wildman–Crippen MR) is 97.9 cm³/mol. The summed E-state index contributed by atoms with van der Waals surface area (Å²) in [6, 6.07) is 13.9. The van der Waals surface area contributed by atoms with Gasteiger partial charge in [-0.1, -0.05) is 30.3 Å². The molecule has 132 valence electrons. The molecule has 0 spiro atoms. The van der Waals surface area contributed by atoms with Crippen molar-refractivity contribution in [2.45, 2.75) is 33.1 Å². The van der Waals surface area contributed by atoms with Gasteiger partial charge in [0.1, 0.15) is 30.9 Å². The standard InChI is InChI=1S/C20H24N2O3/c1-14-7-6-8-15(2)20(14)25-12-16(23)11-22-18-10-5-4-9-17(18)21-19(22)13-24-3/h4-10,16,23H,11-13H2,1-3H3/t16-/m1/s1. The number of aromatic nitrogens is 2. The van der Waals surface area contributed by atoms with Crippen molar-refractivity contribution in [2.75, 3.05) is 13.7 Å². The summed E-state index contributed by atoms with van der Waals surface area (Å²) in [6.07, 6.45) is -0.646. The molecule has 0 fully saturated rings. The number of para-hydroxylation sites is 3. The molecular formula is C20H24N2O3. The van der Waals surface area contributed by atoms with Crippen LogP contribution in [0.25, 0.3) is 11.0 Å². The average molecular weight is 340 g/mol. The maximum atomic E-state index is 10.5. The summed E-state index contributed by atoms with van der Waals surface area (Å²) in [7, 11) is 1.64. The molecule has 0 aliphatic carbocycles. The van der Waals surface area contributed by atoms with Crippen LogP contribution in [0.5, 0.6) is 5.75 Å². The van der Waals surface area contributed by atoms with Crippen molar-refractivity contribution in [3.05, 3.63) is 59.4 Å². The molecule has 1 aromatic heterocycles. The quantitative estimate of drug-likeness (QED) is 0.717. The number of aryl methyl sites for hydroxylation is 2. The highest BCUT2D eigenvalue weighted by Gasteiger charge is 2.15. The normalized spacial score (nSPS) is 12.5. The van der Waals surface area contributed by atoms with Crippen LogP contribution in [-0.4, -0.2) is 34.5 Å². The Bertz CT molecular complexity index is 837. The van der Waals surface area contributed by atoms with Crippen LogP contribution in [0.2, 0.25) is 0 Å². The number of aliphatic hydroxyl groups excluding tert-OH is 1. The highest BCUT2D eigenvalue weighted by atomic mass is 16.5. The van der Waals surface area contributed by atoms with E-state index in [1.807, 2.05) is 60.9 Å². The molecule has 3 rings (SSSR count). The van der Waals surface area contributed by atoms with Gasteiger partial charge in [-0.2, -0.15) is 0 Å². The lowest BCUT2D eigenvalue weighted by Crippen LogP contribution is -2.25. The molecule has 25 heavy (non-hydrogen) atoms. The second-order valence-corrected chi connectivity index (χ2v) is 6.25. The molecule has 0 aliphatic rings. The number of hydrogen-bond acceptors (Lipinski definition) is 4. The molecule has 0 aliphatic heterocycles. The summed E-state index contributed by atoms with van der Waals surface area (Å²) < 4.78 is 13.1. The smallest absolute Gasteiger partial charge is 0.136 e. The molecule has 1 heterocycles. The second kappa shape index (κ2) is 7.68. The zero-order valence-corrected chi connectivity index (χ0v) is 14.9. The summed E-state index contributed by atoms with van der Waals surface area (Å²) in [5, 5.41) is 10.5. The lowest BCUT2D eigenvalue weighted by atomic mass is 10.1. The molecular weight excluding hydrogens is 316 g/mol. The van der Waals surface area contributed by atoms with Crippen molar-refractivity contribution >= 4 is 11.0 Å². The first kappa shape index (κ1) is 17.5. The number of fused-ring (bicyclic) bond motifs is 1.